The van der Waals surface area contributed by atoms with Crippen LogP contribution in [0.25, 0.3) is 0 Å². The third-order valence-corrected chi connectivity index (χ3v) is 4.25. The molecule has 2 rings (SSSR count). The Morgan fingerprint density at radius 1 is 1.42 bits per heavy atom. The number of nitrogens with zero attached hydrogens (tertiary/aromatic N) is 1. The van der Waals surface area contributed by atoms with E-state index in [9.17, 15) is 9.90 Å². The molecule has 0 spiro atoms. The molecule has 0 heterocycles. The van der Waals surface area contributed by atoms with Crippen molar-refractivity contribution in [3.8, 4) is 0 Å². The number of amides is 1. The van der Waals surface area contributed by atoms with Crippen LogP contribution < -0.4 is 5.73 Å². The van der Waals surface area contributed by atoms with Crippen molar-refractivity contribution < 1.29 is 9.90 Å². The molecular weight excluding hydrogens is 308 g/mol. The molecule has 1 amide bonds. The molecule has 4 nitrogen and oxygen atoms in total. The number of aliphatic hydroxyl groups excluding tert-OH is 1. The molecule has 1 fully saturated rings. The van der Waals surface area contributed by atoms with Gasteiger partial charge in [-0.25, -0.2) is 0 Å². The summed E-state index contributed by atoms with van der Waals surface area (Å²) >= 11 is 3.32. The summed E-state index contributed by atoms with van der Waals surface area (Å²) in [5, 5.41) is 10.0. The minimum absolute atomic E-state index is 0.107. The van der Waals surface area contributed by atoms with Gasteiger partial charge in [0.25, 0.3) is 5.91 Å². The lowest BCUT2D eigenvalue weighted by Crippen LogP contribution is -2.46. The van der Waals surface area contributed by atoms with E-state index in [2.05, 4.69) is 15.9 Å². The van der Waals surface area contributed by atoms with Crippen molar-refractivity contribution >= 4 is 27.5 Å². The van der Waals surface area contributed by atoms with Crippen LogP contribution in [0.5, 0.6) is 0 Å². The molecule has 3 N–H and O–H groups in total. The van der Waals surface area contributed by atoms with Gasteiger partial charge >= 0.3 is 0 Å². The number of carbonyl (C=O) groups is 1. The number of benzene rings is 1. The van der Waals surface area contributed by atoms with E-state index in [-0.39, 0.29) is 11.9 Å². The minimum atomic E-state index is -0.431. The molecule has 1 aromatic rings. The van der Waals surface area contributed by atoms with Crippen LogP contribution >= 0.6 is 15.9 Å². The molecule has 104 valence electrons. The maximum atomic E-state index is 12.4. The number of aliphatic hydroxyl groups is 1. The Kier molecular flexibility index (Phi) is 4.47. The van der Waals surface area contributed by atoms with Gasteiger partial charge in [-0.15, -0.1) is 0 Å². The van der Waals surface area contributed by atoms with Gasteiger partial charge in [0.05, 0.1) is 17.7 Å². The molecule has 0 aliphatic heterocycles. The molecule has 1 aliphatic rings. The second kappa shape index (κ2) is 5.92. The smallest absolute Gasteiger partial charge is 0.256 e. The van der Waals surface area contributed by atoms with Crippen LogP contribution in [-0.2, 0) is 0 Å². The first-order valence-electron chi connectivity index (χ1n) is 6.51. The van der Waals surface area contributed by atoms with Gasteiger partial charge in [0.2, 0.25) is 0 Å². The van der Waals surface area contributed by atoms with Gasteiger partial charge in [0, 0.05) is 17.2 Å². The van der Waals surface area contributed by atoms with E-state index in [1.807, 2.05) is 0 Å². The maximum absolute atomic E-state index is 12.4. The van der Waals surface area contributed by atoms with Gasteiger partial charge in [-0.05, 0) is 31.0 Å². The molecule has 0 saturated heterocycles. The Morgan fingerprint density at radius 2 is 2.11 bits per heavy atom. The van der Waals surface area contributed by atoms with E-state index in [0.717, 1.165) is 30.2 Å². The highest BCUT2D eigenvalue weighted by Gasteiger charge is 2.30. The Balaban J connectivity index is 2.18. The predicted molar refractivity (Wildman–Crippen MR) is 78.9 cm³/mol. The summed E-state index contributed by atoms with van der Waals surface area (Å²) in [4.78, 5) is 14.1. The highest BCUT2D eigenvalue weighted by Crippen LogP contribution is 2.25. The summed E-state index contributed by atoms with van der Waals surface area (Å²) in [6, 6.07) is 5.13. The third-order valence-electron chi connectivity index (χ3n) is 3.76. The fourth-order valence-corrected chi connectivity index (χ4v) is 2.99. The van der Waals surface area contributed by atoms with Gasteiger partial charge in [-0.2, -0.15) is 0 Å². The van der Waals surface area contributed by atoms with Crippen LogP contribution in [-0.4, -0.2) is 35.1 Å². The monoisotopic (exact) mass is 326 g/mol. The van der Waals surface area contributed by atoms with Crippen molar-refractivity contribution in [3.05, 3.63) is 28.2 Å². The standard InChI is InChI=1S/C14H19BrN2O2/c1-17(12-4-2-3-5-13(12)18)14(19)10-7-6-9(15)8-11(10)16/h6-8,12-13,18H,2-5,16H2,1H3. The zero-order valence-electron chi connectivity index (χ0n) is 11.0. The summed E-state index contributed by atoms with van der Waals surface area (Å²) in [7, 11) is 1.74. The van der Waals surface area contributed by atoms with Crippen LogP contribution in [0.2, 0.25) is 0 Å². The molecule has 1 saturated carbocycles. The molecule has 2 atom stereocenters. The van der Waals surface area contributed by atoms with Gasteiger partial charge < -0.3 is 15.7 Å². The second-order valence-electron chi connectivity index (χ2n) is 5.07. The summed E-state index contributed by atoms with van der Waals surface area (Å²) in [5.74, 6) is -0.129. The quantitative estimate of drug-likeness (QED) is 0.820. The number of likely N-dealkylation sites (N-methyl/N-ethyl adjacent to an activating group) is 1. The molecule has 0 bridgehead atoms. The first-order chi connectivity index (χ1) is 9.00. The number of anilines is 1. The summed E-state index contributed by atoms with van der Waals surface area (Å²) in [6.07, 6.45) is 3.26. The molecule has 0 aromatic heterocycles. The molecule has 5 heteroatoms. The first-order valence-corrected chi connectivity index (χ1v) is 7.30. The van der Waals surface area contributed by atoms with Crippen LogP contribution in [0.1, 0.15) is 36.0 Å². The number of nitrogen functional groups attached to an aromatic ring is 1. The number of carbonyl (C=O) groups excluding carboxylic acids is 1. The molecule has 1 aromatic carbocycles. The van der Waals surface area contributed by atoms with Crippen molar-refractivity contribution in [1.82, 2.24) is 4.90 Å². The zero-order chi connectivity index (χ0) is 14.0. The molecule has 19 heavy (non-hydrogen) atoms. The number of nitrogens with two attached hydrogens (primary N) is 1. The normalized spacial score (nSPS) is 23.1. The van der Waals surface area contributed by atoms with Gasteiger partial charge in [-0.1, -0.05) is 28.8 Å². The van der Waals surface area contributed by atoms with Crippen molar-refractivity contribution in [3.63, 3.8) is 0 Å². The number of rotatable bonds is 2. The maximum Gasteiger partial charge on any atom is 0.256 e. The average Bonchev–Trinajstić information content (AvgIpc) is 2.38. The number of hydrogen-bond acceptors (Lipinski definition) is 3. The highest BCUT2D eigenvalue weighted by atomic mass is 79.9. The summed E-state index contributed by atoms with van der Waals surface area (Å²) in [5.41, 5.74) is 6.83. The van der Waals surface area contributed by atoms with Crippen LogP contribution in [0.15, 0.2) is 22.7 Å². The number of hydrogen-bond donors (Lipinski definition) is 2. The van der Waals surface area contributed by atoms with E-state index < -0.39 is 6.10 Å². The van der Waals surface area contributed by atoms with Crippen molar-refractivity contribution in [1.29, 1.82) is 0 Å². The van der Waals surface area contributed by atoms with E-state index in [0.29, 0.717) is 11.3 Å². The van der Waals surface area contributed by atoms with Gasteiger partial charge in [0.15, 0.2) is 0 Å². The second-order valence-corrected chi connectivity index (χ2v) is 5.98. The van der Waals surface area contributed by atoms with E-state index in [1.54, 1.807) is 30.1 Å². The summed E-state index contributed by atoms with van der Waals surface area (Å²) < 4.78 is 0.849. The van der Waals surface area contributed by atoms with Crippen molar-refractivity contribution in [2.75, 3.05) is 12.8 Å². The van der Waals surface area contributed by atoms with Gasteiger partial charge in [-0.3, -0.25) is 4.79 Å². The average molecular weight is 327 g/mol. The van der Waals surface area contributed by atoms with E-state index in [1.165, 1.54) is 0 Å². The Hall–Kier alpha value is -1.07. The molecular formula is C14H19BrN2O2. The fraction of sp³-hybridized carbons (Fsp3) is 0.500. The Bertz CT molecular complexity index is 479. The fourth-order valence-electron chi connectivity index (χ4n) is 2.61. The minimum Gasteiger partial charge on any atom is -0.398 e. The predicted octanol–water partition coefficient (Wildman–Crippen LogP) is 2.41. The Labute approximate surface area is 121 Å². The lowest BCUT2D eigenvalue weighted by atomic mass is 9.91. The molecule has 2 unspecified atom stereocenters. The molecule has 1 aliphatic carbocycles. The van der Waals surface area contributed by atoms with Gasteiger partial charge in [0.1, 0.15) is 0 Å². The number of halogens is 1. The van der Waals surface area contributed by atoms with Crippen molar-refractivity contribution in [2.24, 2.45) is 0 Å². The largest absolute Gasteiger partial charge is 0.398 e. The topological polar surface area (TPSA) is 66.6 Å². The van der Waals surface area contributed by atoms with Crippen LogP contribution in [0, 0.1) is 0 Å². The Morgan fingerprint density at radius 3 is 2.74 bits per heavy atom. The van der Waals surface area contributed by atoms with E-state index >= 15 is 0 Å². The zero-order valence-corrected chi connectivity index (χ0v) is 12.6. The first kappa shape index (κ1) is 14.3. The molecule has 0 radical (unpaired) electrons. The van der Waals surface area contributed by atoms with Crippen LogP contribution in [0.4, 0.5) is 5.69 Å². The lowest BCUT2D eigenvalue weighted by molar-refractivity contribution is 0.0268. The van der Waals surface area contributed by atoms with E-state index in [4.69, 9.17) is 5.73 Å². The lowest BCUT2D eigenvalue weighted by Gasteiger charge is -2.35. The van der Waals surface area contributed by atoms with Crippen LogP contribution in [0.3, 0.4) is 0 Å². The third kappa shape index (κ3) is 3.09. The summed E-state index contributed by atoms with van der Waals surface area (Å²) in [6.45, 7) is 0. The van der Waals surface area contributed by atoms with Crippen molar-refractivity contribution in [2.45, 2.75) is 37.8 Å². The highest BCUT2D eigenvalue weighted by molar-refractivity contribution is 9.10. The SMILES string of the molecule is CN(C(=O)c1ccc(Br)cc1N)C1CCCCC1O.